The minimum absolute atomic E-state index is 0.476. The van der Waals surface area contributed by atoms with Crippen molar-refractivity contribution in [2.75, 3.05) is 0 Å². The predicted molar refractivity (Wildman–Crippen MR) is 29.5 cm³/mol. The van der Waals surface area contributed by atoms with Crippen LogP contribution in [0.4, 0.5) is 43.9 Å². The van der Waals surface area contributed by atoms with Crippen LogP contribution in [0.25, 0.3) is 0 Å². The summed E-state index contributed by atoms with van der Waals surface area (Å²) in [5.41, 5.74) is -6.37. The summed E-state index contributed by atoms with van der Waals surface area (Å²) in [6.45, 7) is 0. The van der Waals surface area contributed by atoms with Crippen molar-refractivity contribution in [3.05, 3.63) is 0 Å². The van der Waals surface area contributed by atoms with Crippen LogP contribution >= 0.6 is 0 Å². The minimum atomic E-state index is -6.83. The maximum absolute atomic E-state index is 11.8. The average molecular weight is 262 g/mol. The zero-order chi connectivity index (χ0) is 13.4. The highest BCUT2D eigenvalue weighted by Gasteiger charge is 2.83. The molecule has 0 spiro atoms. The first-order chi connectivity index (χ1) is 6.81. The zero-order valence-corrected chi connectivity index (χ0v) is 6.78. The normalized spacial score (nSPS) is 14.4. The van der Waals surface area contributed by atoms with Crippen LogP contribution in [-0.4, -0.2) is 18.5 Å². The first-order valence-corrected chi connectivity index (χ1v) is 3.14. The van der Waals surface area contributed by atoms with Gasteiger partial charge < -0.3 is 0 Å². The van der Waals surface area contributed by atoms with Gasteiger partial charge in [0.25, 0.3) is 0 Å². The van der Waals surface area contributed by atoms with Crippen LogP contribution in [-0.2, 0) is 0 Å². The Kier molecular flexibility index (Phi) is 3.44. The molecule has 94 valence electrons. The van der Waals surface area contributed by atoms with Crippen LogP contribution in [0.15, 0.2) is 0 Å². The standard InChI is InChI=1S/C6F10/c7-2-1-3(4(8,9)10,5(11,12)13)6(14,15)16. The molecule has 0 N–H and O–H groups in total. The van der Waals surface area contributed by atoms with Gasteiger partial charge in [0.1, 0.15) is 6.17 Å². The summed E-state index contributed by atoms with van der Waals surface area (Å²) in [6.07, 6.45) is -21.0. The Hall–Kier alpha value is -1.14. The summed E-state index contributed by atoms with van der Waals surface area (Å²) < 4.78 is 118. The van der Waals surface area contributed by atoms with Crippen molar-refractivity contribution in [2.24, 2.45) is 5.41 Å². The maximum atomic E-state index is 11.8. The molecule has 0 fully saturated rings. The Balaban J connectivity index is 6.12. The second-order valence-electron chi connectivity index (χ2n) is 2.46. The number of rotatable bonds is 0. The highest BCUT2D eigenvalue weighted by molar-refractivity contribution is 5.19. The smallest absolute Gasteiger partial charge is 0.168 e. The monoisotopic (exact) mass is 262 g/mol. The van der Waals surface area contributed by atoms with E-state index in [9.17, 15) is 43.9 Å². The minimum Gasteiger partial charge on any atom is -0.168 e. The number of alkyl halides is 9. The first kappa shape index (κ1) is 14.9. The molecule has 0 aliphatic rings. The molecule has 0 aliphatic carbocycles. The van der Waals surface area contributed by atoms with Gasteiger partial charge in [-0.1, -0.05) is 0 Å². The van der Waals surface area contributed by atoms with E-state index in [2.05, 4.69) is 0 Å². The molecular formula is C6F10. The maximum Gasteiger partial charge on any atom is 0.423 e. The van der Waals surface area contributed by atoms with E-state index >= 15 is 0 Å². The lowest BCUT2D eigenvalue weighted by Gasteiger charge is -2.33. The lowest BCUT2D eigenvalue weighted by molar-refractivity contribution is -0.402. The molecule has 0 bridgehead atoms. The fraction of sp³-hybridized carbons (Fsp3) is 0.667. The van der Waals surface area contributed by atoms with Crippen molar-refractivity contribution >= 4 is 0 Å². The van der Waals surface area contributed by atoms with Crippen molar-refractivity contribution in [2.45, 2.75) is 18.5 Å². The van der Waals surface area contributed by atoms with Crippen LogP contribution in [0.3, 0.4) is 0 Å². The topological polar surface area (TPSA) is 0 Å². The van der Waals surface area contributed by atoms with Gasteiger partial charge in [0, 0.05) is 0 Å². The van der Waals surface area contributed by atoms with Crippen LogP contribution in [0, 0.1) is 17.5 Å². The second-order valence-corrected chi connectivity index (χ2v) is 2.46. The Morgan fingerprint density at radius 1 is 0.562 bits per heavy atom. The van der Waals surface area contributed by atoms with E-state index in [1.807, 2.05) is 0 Å². The molecule has 0 aromatic heterocycles. The Morgan fingerprint density at radius 2 is 0.812 bits per heavy atom. The Bertz CT molecular complexity index is 267. The van der Waals surface area contributed by atoms with Crippen molar-refractivity contribution in [1.29, 1.82) is 0 Å². The molecule has 0 saturated carbocycles. The zero-order valence-electron chi connectivity index (χ0n) is 6.78. The molecule has 0 saturated heterocycles. The summed E-state index contributed by atoms with van der Waals surface area (Å²) in [7, 11) is 0. The number of halogens is 10. The third-order valence-electron chi connectivity index (χ3n) is 1.51. The van der Waals surface area contributed by atoms with Gasteiger partial charge in [0.05, 0.1) is 0 Å². The van der Waals surface area contributed by atoms with Crippen molar-refractivity contribution in [3.63, 3.8) is 0 Å². The first-order valence-electron chi connectivity index (χ1n) is 3.14. The highest BCUT2D eigenvalue weighted by atomic mass is 19.4. The third kappa shape index (κ3) is 2.03. The van der Waals surface area contributed by atoms with Gasteiger partial charge >= 0.3 is 23.9 Å². The van der Waals surface area contributed by atoms with Gasteiger partial charge in [-0.25, -0.2) is 0 Å². The summed E-state index contributed by atoms with van der Waals surface area (Å²) in [5, 5.41) is 0. The fourth-order valence-corrected chi connectivity index (χ4v) is 0.766. The quantitative estimate of drug-likeness (QED) is 0.462. The van der Waals surface area contributed by atoms with Gasteiger partial charge in [-0.15, -0.1) is 4.39 Å². The largest absolute Gasteiger partial charge is 0.423 e. The summed E-state index contributed by atoms with van der Waals surface area (Å²) in [5.74, 6) is -0.476. The van der Waals surface area contributed by atoms with Gasteiger partial charge in [0.2, 0.25) is 0 Å². The molecule has 0 aromatic carbocycles. The van der Waals surface area contributed by atoms with Gasteiger partial charge in [-0.05, 0) is 5.92 Å². The fourth-order valence-electron chi connectivity index (χ4n) is 0.766. The molecule has 0 radical (unpaired) electrons. The number of hydrogen-bond donors (Lipinski definition) is 0. The van der Waals surface area contributed by atoms with Crippen LogP contribution in [0.2, 0.25) is 0 Å². The van der Waals surface area contributed by atoms with Gasteiger partial charge in [-0.2, -0.15) is 39.5 Å². The molecule has 0 unspecified atom stereocenters. The number of hydrogen-bond acceptors (Lipinski definition) is 0. The van der Waals surface area contributed by atoms with Crippen molar-refractivity contribution < 1.29 is 43.9 Å². The molecule has 0 aliphatic heterocycles. The molecule has 0 aromatic rings. The van der Waals surface area contributed by atoms with Crippen molar-refractivity contribution in [1.82, 2.24) is 0 Å². The van der Waals surface area contributed by atoms with E-state index in [0.717, 1.165) is 0 Å². The molecule has 0 heterocycles. The lowest BCUT2D eigenvalue weighted by Crippen LogP contribution is -2.58. The average Bonchev–Trinajstić information content (AvgIpc) is 1.91. The second kappa shape index (κ2) is 3.71. The van der Waals surface area contributed by atoms with Crippen LogP contribution in [0.5, 0.6) is 0 Å². The van der Waals surface area contributed by atoms with E-state index in [4.69, 9.17) is 0 Å². The molecule has 0 rings (SSSR count). The van der Waals surface area contributed by atoms with Crippen LogP contribution in [0.1, 0.15) is 0 Å². The molecule has 0 amide bonds. The predicted octanol–water partition coefficient (Wildman–Crippen LogP) is 3.59. The molecule has 0 nitrogen and oxygen atoms in total. The Labute approximate surface area is 81.2 Å². The third-order valence-corrected chi connectivity index (χ3v) is 1.51. The summed E-state index contributed by atoms with van der Waals surface area (Å²) >= 11 is 0. The van der Waals surface area contributed by atoms with E-state index < -0.39 is 36.0 Å². The SMILES string of the molecule is FC#CC(C(F)(F)F)(C(F)(F)F)C(F)(F)F. The summed E-state index contributed by atoms with van der Waals surface area (Å²) in [6, 6.07) is 0. The molecule has 10 heteroatoms. The van der Waals surface area contributed by atoms with Gasteiger partial charge in [0.15, 0.2) is 0 Å². The van der Waals surface area contributed by atoms with E-state index in [0.29, 0.717) is 0 Å². The van der Waals surface area contributed by atoms with E-state index in [-0.39, 0.29) is 0 Å². The Morgan fingerprint density at radius 3 is 0.875 bits per heavy atom. The van der Waals surface area contributed by atoms with E-state index in [1.54, 1.807) is 0 Å². The highest BCUT2D eigenvalue weighted by Crippen LogP contribution is 2.58. The van der Waals surface area contributed by atoms with E-state index in [1.165, 1.54) is 0 Å². The van der Waals surface area contributed by atoms with Crippen LogP contribution < -0.4 is 0 Å². The van der Waals surface area contributed by atoms with Crippen molar-refractivity contribution in [3.8, 4) is 12.1 Å². The molecule has 16 heavy (non-hydrogen) atoms. The molecular weight excluding hydrogens is 262 g/mol. The molecule has 0 atom stereocenters. The van der Waals surface area contributed by atoms with Gasteiger partial charge in [-0.3, -0.25) is 0 Å². The lowest BCUT2D eigenvalue weighted by atomic mass is 9.86. The summed E-state index contributed by atoms with van der Waals surface area (Å²) in [4.78, 5) is 0.